The Kier molecular flexibility index (Phi) is 4.99. The average Bonchev–Trinajstić information content (AvgIpc) is 2.47. The number of hydrogen-bond donors (Lipinski definition) is 0. The highest BCUT2D eigenvalue weighted by atomic mass is 16.7. The molecule has 0 saturated heterocycles. The van der Waals surface area contributed by atoms with Gasteiger partial charge in [-0.05, 0) is 11.1 Å². The third kappa shape index (κ3) is 4.84. The quantitative estimate of drug-likeness (QED) is 0.767. The van der Waals surface area contributed by atoms with Crippen LogP contribution in [0.3, 0.4) is 0 Å². The molecule has 2 aromatic carbocycles. The van der Waals surface area contributed by atoms with E-state index in [0.29, 0.717) is 13.0 Å². The van der Waals surface area contributed by atoms with Gasteiger partial charge >= 0.3 is 6.16 Å². The van der Waals surface area contributed by atoms with Gasteiger partial charge in [0.05, 0.1) is 6.61 Å². The van der Waals surface area contributed by atoms with Crippen LogP contribution in [-0.2, 0) is 22.5 Å². The number of benzene rings is 2. The molecule has 0 fully saturated rings. The maximum atomic E-state index is 11.4. The van der Waals surface area contributed by atoms with E-state index in [1.807, 2.05) is 60.7 Å². The molecule has 0 aliphatic rings. The third-order valence-corrected chi connectivity index (χ3v) is 2.65. The zero-order chi connectivity index (χ0) is 13.3. The largest absolute Gasteiger partial charge is 0.508 e. The van der Waals surface area contributed by atoms with Crippen LogP contribution >= 0.6 is 0 Å². The lowest BCUT2D eigenvalue weighted by molar-refractivity contribution is 0.0507. The van der Waals surface area contributed by atoms with Gasteiger partial charge in [0.15, 0.2) is 0 Å². The van der Waals surface area contributed by atoms with Gasteiger partial charge in [-0.25, -0.2) is 4.79 Å². The molecular formula is C16H16O3. The maximum absolute atomic E-state index is 11.4. The van der Waals surface area contributed by atoms with Crippen molar-refractivity contribution in [3.05, 3.63) is 71.8 Å². The SMILES string of the molecule is O=C(OCCc1ccccc1)OCc1ccccc1. The molecule has 0 unspecified atom stereocenters. The molecule has 3 nitrogen and oxygen atoms in total. The minimum absolute atomic E-state index is 0.241. The van der Waals surface area contributed by atoms with E-state index < -0.39 is 6.16 Å². The second kappa shape index (κ2) is 7.21. The molecule has 19 heavy (non-hydrogen) atoms. The fourth-order valence-corrected chi connectivity index (χ4v) is 1.66. The Morgan fingerprint density at radius 3 is 2.00 bits per heavy atom. The van der Waals surface area contributed by atoms with Gasteiger partial charge < -0.3 is 9.47 Å². The molecule has 0 aliphatic carbocycles. The van der Waals surface area contributed by atoms with Crippen LogP contribution in [0.4, 0.5) is 4.79 Å². The van der Waals surface area contributed by atoms with Gasteiger partial charge in [-0.15, -0.1) is 0 Å². The van der Waals surface area contributed by atoms with E-state index in [2.05, 4.69) is 0 Å². The van der Waals surface area contributed by atoms with Gasteiger partial charge in [0.25, 0.3) is 0 Å². The van der Waals surface area contributed by atoms with E-state index >= 15 is 0 Å². The number of carbonyl (C=O) groups excluding carboxylic acids is 1. The fraction of sp³-hybridized carbons (Fsp3) is 0.188. The smallest absolute Gasteiger partial charge is 0.434 e. The molecule has 0 atom stereocenters. The summed E-state index contributed by atoms with van der Waals surface area (Å²) in [5.41, 5.74) is 2.08. The van der Waals surface area contributed by atoms with Crippen LogP contribution < -0.4 is 0 Å². The van der Waals surface area contributed by atoms with Crippen molar-refractivity contribution < 1.29 is 14.3 Å². The summed E-state index contributed by atoms with van der Waals surface area (Å²) in [5, 5.41) is 0. The standard InChI is InChI=1S/C16H16O3/c17-16(19-13-15-9-5-2-6-10-15)18-12-11-14-7-3-1-4-8-14/h1-10H,11-13H2. The molecule has 0 N–H and O–H groups in total. The van der Waals surface area contributed by atoms with Crippen LogP contribution in [-0.4, -0.2) is 12.8 Å². The van der Waals surface area contributed by atoms with Crippen LogP contribution in [0.25, 0.3) is 0 Å². The lowest BCUT2D eigenvalue weighted by atomic mass is 10.2. The normalized spacial score (nSPS) is 9.89. The Labute approximate surface area is 112 Å². The maximum Gasteiger partial charge on any atom is 0.508 e. The molecule has 0 saturated carbocycles. The second-order valence-electron chi connectivity index (χ2n) is 4.11. The summed E-state index contributed by atoms with van der Waals surface area (Å²) in [6.07, 6.45) is 0.0705. The summed E-state index contributed by atoms with van der Waals surface area (Å²) >= 11 is 0. The molecular weight excluding hydrogens is 240 g/mol. The molecule has 98 valence electrons. The highest BCUT2D eigenvalue weighted by molar-refractivity contribution is 5.59. The zero-order valence-corrected chi connectivity index (χ0v) is 10.6. The summed E-state index contributed by atoms with van der Waals surface area (Å²) in [4.78, 5) is 11.4. The Morgan fingerprint density at radius 2 is 1.37 bits per heavy atom. The monoisotopic (exact) mass is 256 g/mol. The molecule has 0 spiro atoms. The molecule has 0 radical (unpaired) electrons. The molecule has 0 bridgehead atoms. The average molecular weight is 256 g/mol. The van der Waals surface area contributed by atoms with Crippen molar-refractivity contribution in [3.8, 4) is 0 Å². The Hall–Kier alpha value is -2.29. The molecule has 0 amide bonds. The van der Waals surface area contributed by atoms with Crippen molar-refractivity contribution in [1.29, 1.82) is 0 Å². The molecule has 0 aromatic heterocycles. The van der Waals surface area contributed by atoms with Crippen LogP contribution in [0.2, 0.25) is 0 Å². The van der Waals surface area contributed by atoms with E-state index in [9.17, 15) is 4.79 Å². The first kappa shape index (κ1) is 13.1. The van der Waals surface area contributed by atoms with Crippen LogP contribution in [0.5, 0.6) is 0 Å². The van der Waals surface area contributed by atoms with Crippen molar-refractivity contribution in [3.63, 3.8) is 0 Å². The predicted octanol–water partition coefficient (Wildman–Crippen LogP) is 3.58. The minimum atomic E-state index is -0.625. The predicted molar refractivity (Wildman–Crippen MR) is 72.7 cm³/mol. The summed E-state index contributed by atoms with van der Waals surface area (Å²) in [6, 6.07) is 19.4. The van der Waals surface area contributed by atoms with Gasteiger partial charge in [0.1, 0.15) is 6.61 Å². The number of rotatable bonds is 5. The summed E-state index contributed by atoms with van der Waals surface area (Å²) in [5.74, 6) is 0. The summed E-state index contributed by atoms with van der Waals surface area (Å²) in [7, 11) is 0. The highest BCUT2D eigenvalue weighted by Gasteiger charge is 2.04. The van der Waals surface area contributed by atoms with Gasteiger partial charge in [0.2, 0.25) is 0 Å². The number of hydrogen-bond acceptors (Lipinski definition) is 3. The van der Waals surface area contributed by atoms with Crippen molar-refractivity contribution in [2.24, 2.45) is 0 Å². The van der Waals surface area contributed by atoms with E-state index in [-0.39, 0.29) is 6.61 Å². The Bertz CT molecular complexity index is 494. The van der Waals surface area contributed by atoms with Gasteiger partial charge in [-0.3, -0.25) is 0 Å². The van der Waals surface area contributed by atoms with E-state index in [4.69, 9.17) is 9.47 Å². The number of carbonyl (C=O) groups is 1. The highest BCUT2D eigenvalue weighted by Crippen LogP contribution is 2.03. The first-order valence-corrected chi connectivity index (χ1v) is 6.22. The first-order valence-electron chi connectivity index (χ1n) is 6.22. The zero-order valence-electron chi connectivity index (χ0n) is 10.6. The van der Waals surface area contributed by atoms with Gasteiger partial charge in [-0.1, -0.05) is 60.7 Å². The molecule has 0 heterocycles. The molecule has 3 heteroatoms. The molecule has 0 aliphatic heterocycles. The summed E-state index contributed by atoms with van der Waals surface area (Å²) in [6.45, 7) is 0.572. The second-order valence-corrected chi connectivity index (χ2v) is 4.11. The van der Waals surface area contributed by atoms with E-state index in [0.717, 1.165) is 11.1 Å². The third-order valence-electron chi connectivity index (χ3n) is 2.65. The van der Waals surface area contributed by atoms with Crippen LogP contribution in [0, 0.1) is 0 Å². The van der Waals surface area contributed by atoms with Crippen molar-refractivity contribution in [2.75, 3.05) is 6.61 Å². The fourth-order valence-electron chi connectivity index (χ4n) is 1.66. The van der Waals surface area contributed by atoms with Crippen LogP contribution in [0.15, 0.2) is 60.7 Å². The topological polar surface area (TPSA) is 35.5 Å². The molecule has 2 rings (SSSR count). The lowest BCUT2D eigenvalue weighted by Gasteiger charge is -2.06. The van der Waals surface area contributed by atoms with E-state index in [1.165, 1.54) is 0 Å². The first-order chi connectivity index (χ1) is 9.34. The number of ether oxygens (including phenoxy) is 2. The van der Waals surface area contributed by atoms with Crippen molar-refractivity contribution in [1.82, 2.24) is 0 Å². The van der Waals surface area contributed by atoms with Gasteiger partial charge in [0, 0.05) is 6.42 Å². The molecule has 2 aromatic rings. The van der Waals surface area contributed by atoms with Crippen molar-refractivity contribution >= 4 is 6.16 Å². The summed E-state index contributed by atoms with van der Waals surface area (Å²) < 4.78 is 10.0. The minimum Gasteiger partial charge on any atom is -0.434 e. The van der Waals surface area contributed by atoms with Gasteiger partial charge in [-0.2, -0.15) is 0 Å². The lowest BCUT2D eigenvalue weighted by Crippen LogP contribution is -2.09. The Morgan fingerprint density at radius 1 is 0.789 bits per heavy atom. The Balaban J connectivity index is 1.65. The van der Waals surface area contributed by atoms with Crippen molar-refractivity contribution in [2.45, 2.75) is 13.0 Å². The van der Waals surface area contributed by atoms with E-state index in [1.54, 1.807) is 0 Å². The van der Waals surface area contributed by atoms with Crippen LogP contribution in [0.1, 0.15) is 11.1 Å².